The van der Waals surface area contributed by atoms with Crippen LogP contribution in [0.2, 0.25) is 0 Å². The molecular formula is C40H56N10O6S2. The minimum Gasteiger partial charge on any atom is -0.388 e. The number of nitrogen functional groups attached to an aromatic ring is 2. The maximum absolute atomic E-state index is 14.0. The molecule has 10 N–H and O–H groups in total. The normalized spacial score (nSPS) is 14.4. The van der Waals surface area contributed by atoms with Crippen LogP contribution in [0.15, 0.2) is 71.4 Å². The Morgan fingerprint density at radius 1 is 0.621 bits per heavy atom. The van der Waals surface area contributed by atoms with Crippen molar-refractivity contribution in [2.24, 2.45) is 11.8 Å². The van der Waals surface area contributed by atoms with E-state index in [1.165, 1.54) is 32.5 Å². The molecule has 2 heterocycles. The molecule has 0 unspecified atom stereocenters. The lowest BCUT2D eigenvalue weighted by molar-refractivity contribution is -0.129. The molecule has 16 nitrogen and oxygen atoms in total. The van der Waals surface area contributed by atoms with Gasteiger partial charge in [-0.15, -0.1) is 22.7 Å². The van der Waals surface area contributed by atoms with Crippen LogP contribution in [0, 0.1) is 11.8 Å². The van der Waals surface area contributed by atoms with Crippen molar-refractivity contribution >= 4 is 56.8 Å². The van der Waals surface area contributed by atoms with Crippen molar-refractivity contribution in [3.8, 4) is 0 Å². The Morgan fingerprint density at radius 3 is 1.26 bits per heavy atom. The smallest absolute Gasteiger partial charge is 0.318 e. The van der Waals surface area contributed by atoms with E-state index in [4.69, 9.17) is 11.5 Å². The summed E-state index contributed by atoms with van der Waals surface area (Å²) in [5.41, 5.74) is 14.2. The summed E-state index contributed by atoms with van der Waals surface area (Å²) >= 11 is 2.52. The lowest BCUT2D eigenvalue weighted by Crippen LogP contribution is -2.62. The number of hydrogen-bond donors (Lipinski definition) is 8. The molecule has 4 aromatic rings. The molecule has 4 rings (SSSR count). The largest absolute Gasteiger partial charge is 0.388 e. The van der Waals surface area contributed by atoms with Gasteiger partial charge in [-0.05, 0) is 35.8 Å². The standard InChI is InChI=1S/C40H56N10O6S2/c1-23(2)31(47-39(55)49(5)19-27-21-57-37(41)43-27)35(53)45-29(17-25-13-9-7-10-14-25)33(51)34(52)30(18-26-15-11-8-12-16-26)46-36(54)32(24(3)4)48-40(56)50(6)20-28-22-58-38(42)44-28/h7-16,21-24,29-34,51-52H,17-20H2,1-6H3,(H2,41,43)(H2,42,44)(H,45,53)(H,46,54)(H,47,55)(H,48,56)/t29-,30-,31-,32-,33-,34-/m0/s1. The summed E-state index contributed by atoms with van der Waals surface area (Å²) in [6, 6.07) is 13.1. The lowest BCUT2D eigenvalue weighted by atomic mass is 9.90. The monoisotopic (exact) mass is 836 g/mol. The third kappa shape index (κ3) is 13.4. The van der Waals surface area contributed by atoms with E-state index in [0.29, 0.717) is 21.7 Å². The maximum atomic E-state index is 14.0. The van der Waals surface area contributed by atoms with Gasteiger partial charge in [-0.25, -0.2) is 19.6 Å². The zero-order valence-corrected chi connectivity index (χ0v) is 35.3. The van der Waals surface area contributed by atoms with Crippen molar-refractivity contribution in [1.29, 1.82) is 0 Å². The zero-order chi connectivity index (χ0) is 42.5. The van der Waals surface area contributed by atoms with Crippen LogP contribution in [0.3, 0.4) is 0 Å². The van der Waals surface area contributed by atoms with Gasteiger partial charge in [-0.1, -0.05) is 88.4 Å². The third-order valence-corrected chi connectivity index (χ3v) is 11.0. The molecule has 0 fully saturated rings. The van der Waals surface area contributed by atoms with Gasteiger partial charge in [-0.2, -0.15) is 0 Å². The van der Waals surface area contributed by atoms with Gasteiger partial charge >= 0.3 is 12.1 Å². The Kier molecular flexibility index (Phi) is 16.8. The summed E-state index contributed by atoms with van der Waals surface area (Å²) in [6.07, 6.45) is -2.99. The second-order valence-corrected chi connectivity index (χ2v) is 16.8. The molecule has 0 aliphatic carbocycles. The Labute approximate surface area is 347 Å². The number of amides is 6. The van der Waals surface area contributed by atoms with Crippen molar-refractivity contribution in [3.63, 3.8) is 0 Å². The van der Waals surface area contributed by atoms with Crippen LogP contribution in [0.25, 0.3) is 0 Å². The van der Waals surface area contributed by atoms with Gasteiger partial charge in [0.15, 0.2) is 10.3 Å². The highest BCUT2D eigenvalue weighted by Gasteiger charge is 2.38. The first kappa shape index (κ1) is 45.4. The second kappa shape index (κ2) is 21.5. The molecule has 0 aliphatic rings. The van der Waals surface area contributed by atoms with E-state index in [1.807, 2.05) is 60.7 Å². The number of anilines is 2. The number of nitrogens with two attached hydrogens (primary N) is 2. The number of nitrogens with one attached hydrogen (secondary N) is 4. The van der Waals surface area contributed by atoms with Crippen molar-refractivity contribution in [2.75, 3.05) is 25.6 Å². The van der Waals surface area contributed by atoms with Crippen molar-refractivity contribution in [1.82, 2.24) is 41.0 Å². The first-order valence-corrected chi connectivity index (χ1v) is 20.8. The first-order chi connectivity index (χ1) is 27.5. The summed E-state index contributed by atoms with van der Waals surface area (Å²) in [5, 5.41) is 39.6. The Morgan fingerprint density at radius 2 is 0.966 bits per heavy atom. The highest BCUT2D eigenvalue weighted by molar-refractivity contribution is 7.13. The number of aliphatic hydroxyl groups excluding tert-OH is 2. The molecule has 6 amide bonds. The fraction of sp³-hybridized carbons (Fsp3) is 0.450. The summed E-state index contributed by atoms with van der Waals surface area (Å²) < 4.78 is 0. The van der Waals surface area contributed by atoms with Crippen LogP contribution < -0.4 is 32.7 Å². The maximum Gasteiger partial charge on any atom is 0.318 e. The lowest BCUT2D eigenvalue weighted by Gasteiger charge is -2.35. The van der Waals surface area contributed by atoms with Crippen LogP contribution in [0.1, 0.15) is 50.2 Å². The van der Waals surface area contributed by atoms with Crippen LogP contribution in [0.4, 0.5) is 19.9 Å². The molecular weight excluding hydrogens is 781 g/mol. The Bertz CT molecular complexity index is 1790. The molecule has 18 heteroatoms. The quantitative estimate of drug-likeness (QED) is 0.0687. The fourth-order valence-corrected chi connectivity index (χ4v) is 7.36. The summed E-state index contributed by atoms with van der Waals surface area (Å²) in [4.78, 5) is 65.7. The SMILES string of the molecule is CC(C)[C@H](NC(=O)N(C)Cc1csc(N)n1)C(=O)N[C@@H](Cc1ccccc1)[C@H](O)[C@@H](O)[C@H](Cc1ccccc1)NC(=O)[C@@H](NC(=O)N(C)Cc1csc(N)n1)C(C)C. The molecule has 6 atom stereocenters. The van der Waals surface area contributed by atoms with Crippen molar-refractivity contribution in [2.45, 2.75) is 90.0 Å². The van der Waals surface area contributed by atoms with E-state index in [1.54, 1.807) is 52.6 Å². The molecule has 0 saturated heterocycles. The molecule has 314 valence electrons. The Balaban J connectivity index is 1.55. The van der Waals surface area contributed by atoms with Gasteiger partial charge in [0.1, 0.15) is 24.3 Å². The summed E-state index contributed by atoms with van der Waals surface area (Å²) in [6.45, 7) is 7.47. The number of urea groups is 2. The molecule has 0 spiro atoms. The van der Waals surface area contributed by atoms with E-state index in [-0.39, 0.29) is 37.8 Å². The summed E-state index contributed by atoms with van der Waals surface area (Å²) in [5.74, 6) is -1.87. The van der Waals surface area contributed by atoms with E-state index >= 15 is 0 Å². The van der Waals surface area contributed by atoms with Gasteiger partial charge in [0.25, 0.3) is 0 Å². The first-order valence-electron chi connectivity index (χ1n) is 19.0. The average Bonchev–Trinajstić information content (AvgIpc) is 3.80. The predicted molar refractivity (Wildman–Crippen MR) is 226 cm³/mol. The molecule has 0 aliphatic heterocycles. The van der Waals surface area contributed by atoms with Gasteiger partial charge in [0, 0.05) is 24.9 Å². The number of aliphatic hydroxyl groups is 2. The van der Waals surface area contributed by atoms with Crippen LogP contribution >= 0.6 is 22.7 Å². The van der Waals surface area contributed by atoms with Gasteiger partial charge < -0.3 is 52.7 Å². The molecule has 0 saturated carbocycles. The van der Waals surface area contributed by atoms with E-state index < -0.39 is 60.3 Å². The number of carbonyl (C=O) groups is 4. The summed E-state index contributed by atoms with van der Waals surface area (Å²) in [7, 11) is 3.15. The molecule has 2 aromatic heterocycles. The predicted octanol–water partition coefficient (Wildman–Crippen LogP) is 2.97. The average molecular weight is 837 g/mol. The van der Waals surface area contributed by atoms with Gasteiger partial charge in [-0.3, -0.25) is 9.59 Å². The number of benzene rings is 2. The number of nitrogens with zero attached hydrogens (tertiary/aromatic N) is 4. The minimum absolute atomic E-state index is 0.113. The van der Waals surface area contributed by atoms with Crippen molar-refractivity contribution < 1.29 is 29.4 Å². The van der Waals surface area contributed by atoms with Crippen LogP contribution in [-0.2, 0) is 35.5 Å². The van der Waals surface area contributed by atoms with E-state index in [2.05, 4.69) is 31.2 Å². The molecule has 0 bridgehead atoms. The van der Waals surface area contributed by atoms with Crippen LogP contribution in [0.5, 0.6) is 0 Å². The van der Waals surface area contributed by atoms with E-state index in [9.17, 15) is 29.4 Å². The number of hydrogen-bond acceptors (Lipinski definition) is 12. The number of carbonyl (C=O) groups excluding carboxylic acids is 4. The van der Waals surface area contributed by atoms with Gasteiger partial charge in [0.2, 0.25) is 11.8 Å². The van der Waals surface area contributed by atoms with Crippen molar-refractivity contribution in [3.05, 3.63) is 93.9 Å². The number of rotatable bonds is 19. The highest BCUT2D eigenvalue weighted by Crippen LogP contribution is 2.18. The minimum atomic E-state index is -1.61. The zero-order valence-electron chi connectivity index (χ0n) is 33.7. The molecule has 2 aromatic carbocycles. The number of thiazole rings is 2. The number of aromatic nitrogens is 2. The van der Waals surface area contributed by atoms with Gasteiger partial charge in [0.05, 0.1) is 36.6 Å². The fourth-order valence-electron chi connectivity index (χ4n) is 6.25. The second-order valence-electron chi connectivity index (χ2n) is 15.0. The Hall–Kier alpha value is -5.30. The van der Waals surface area contributed by atoms with Crippen LogP contribution in [-0.4, -0.2) is 104 Å². The molecule has 0 radical (unpaired) electrons. The topological polar surface area (TPSA) is 241 Å². The van der Waals surface area contributed by atoms with E-state index in [0.717, 1.165) is 11.1 Å². The molecule has 58 heavy (non-hydrogen) atoms. The third-order valence-electron chi connectivity index (χ3n) is 9.51. The highest BCUT2D eigenvalue weighted by atomic mass is 32.1.